The Balaban J connectivity index is 1.32. The summed E-state index contributed by atoms with van der Waals surface area (Å²) in [5.41, 5.74) is 3.55. The first kappa shape index (κ1) is 22.8. The molecule has 0 atom stereocenters. The second kappa shape index (κ2) is 10.1. The van der Waals surface area contributed by atoms with E-state index in [2.05, 4.69) is 4.98 Å². The van der Waals surface area contributed by atoms with Crippen LogP contribution in [0.25, 0.3) is 21.5 Å². The van der Waals surface area contributed by atoms with Gasteiger partial charge in [-0.3, -0.25) is 4.79 Å². The zero-order valence-corrected chi connectivity index (χ0v) is 20.2. The van der Waals surface area contributed by atoms with E-state index >= 15 is 0 Å². The first-order chi connectivity index (χ1) is 16.6. The fourth-order valence-corrected chi connectivity index (χ4v) is 5.60. The molecule has 0 amide bonds. The number of hydrogen-bond donors (Lipinski definition) is 0. The minimum Gasteiger partial charge on any atom is -0.454 e. The Kier molecular flexibility index (Phi) is 6.75. The normalized spacial score (nSPS) is 14.3. The number of fused-ring (bicyclic) bond motifs is 1. The van der Waals surface area contributed by atoms with Gasteiger partial charge in [-0.15, -0.1) is 11.3 Å². The molecule has 6 heteroatoms. The zero-order valence-electron chi connectivity index (χ0n) is 18.6. The number of pyridine rings is 1. The molecule has 2 aromatic heterocycles. The van der Waals surface area contributed by atoms with Crippen LogP contribution in [0.15, 0.2) is 66.7 Å². The van der Waals surface area contributed by atoms with Crippen molar-refractivity contribution in [2.45, 2.75) is 38.0 Å². The average Bonchev–Trinajstić information content (AvgIpc) is 3.33. The number of ketones is 1. The van der Waals surface area contributed by atoms with E-state index in [0.29, 0.717) is 38.0 Å². The van der Waals surface area contributed by atoms with Crippen LogP contribution < -0.4 is 0 Å². The lowest BCUT2D eigenvalue weighted by atomic mass is 9.84. The number of halogens is 1. The zero-order chi connectivity index (χ0) is 23.5. The van der Waals surface area contributed by atoms with Crippen molar-refractivity contribution >= 4 is 45.6 Å². The van der Waals surface area contributed by atoms with E-state index in [1.807, 2.05) is 54.6 Å². The molecule has 1 saturated carbocycles. The van der Waals surface area contributed by atoms with E-state index in [0.717, 1.165) is 4.88 Å². The predicted molar refractivity (Wildman–Crippen MR) is 137 cm³/mol. The van der Waals surface area contributed by atoms with Crippen molar-refractivity contribution in [3.05, 3.63) is 87.8 Å². The van der Waals surface area contributed by atoms with Gasteiger partial charge in [0.2, 0.25) is 0 Å². The molecule has 0 aliphatic heterocycles. The van der Waals surface area contributed by atoms with E-state index in [1.165, 1.54) is 49.0 Å². The fourth-order valence-electron chi connectivity index (χ4n) is 4.59. The van der Waals surface area contributed by atoms with Crippen molar-refractivity contribution in [2.24, 2.45) is 0 Å². The van der Waals surface area contributed by atoms with Gasteiger partial charge in [-0.05, 0) is 48.6 Å². The summed E-state index contributed by atoms with van der Waals surface area (Å²) in [6, 6.07) is 20.6. The van der Waals surface area contributed by atoms with Gasteiger partial charge in [-0.1, -0.05) is 73.3 Å². The third-order valence-corrected chi connectivity index (χ3v) is 7.66. The van der Waals surface area contributed by atoms with Crippen LogP contribution in [0.1, 0.15) is 64.3 Å². The molecule has 1 aliphatic rings. The smallest absolute Gasteiger partial charge is 0.339 e. The minimum absolute atomic E-state index is 0.216. The molecule has 172 valence electrons. The molecule has 34 heavy (non-hydrogen) atoms. The third-order valence-electron chi connectivity index (χ3n) is 6.41. The number of aromatic nitrogens is 1. The summed E-state index contributed by atoms with van der Waals surface area (Å²) in [5, 5.41) is 0.684. The van der Waals surface area contributed by atoms with Gasteiger partial charge in [0.15, 0.2) is 12.4 Å². The van der Waals surface area contributed by atoms with Gasteiger partial charge < -0.3 is 4.74 Å². The molecule has 0 unspecified atom stereocenters. The SMILES string of the molecule is O=C(COC(=O)c1cc(-c2ccc(Cl)s2)nc2ccccc12)c1ccc(C2CCCCC2)cc1. The Morgan fingerprint density at radius 3 is 2.47 bits per heavy atom. The number of carbonyl (C=O) groups is 2. The molecule has 5 rings (SSSR count). The van der Waals surface area contributed by atoms with Crippen LogP contribution in [0.4, 0.5) is 0 Å². The number of nitrogens with zero attached hydrogens (tertiary/aromatic N) is 1. The topological polar surface area (TPSA) is 56.3 Å². The molecule has 1 aliphatic carbocycles. The van der Waals surface area contributed by atoms with Crippen LogP contribution in [0.5, 0.6) is 0 Å². The monoisotopic (exact) mass is 489 g/mol. The molecule has 0 spiro atoms. The van der Waals surface area contributed by atoms with E-state index in [-0.39, 0.29) is 12.4 Å². The third kappa shape index (κ3) is 4.91. The maximum atomic E-state index is 13.0. The van der Waals surface area contributed by atoms with Gasteiger partial charge in [-0.2, -0.15) is 0 Å². The number of thiophene rings is 1. The van der Waals surface area contributed by atoms with E-state index in [4.69, 9.17) is 16.3 Å². The summed E-state index contributed by atoms with van der Waals surface area (Å²) < 4.78 is 6.10. The Labute approximate surface area is 207 Å². The number of carbonyl (C=O) groups excluding carboxylic acids is 2. The average molecular weight is 490 g/mol. The van der Waals surface area contributed by atoms with Gasteiger partial charge in [0.25, 0.3) is 0 Å². The van der Waals surface area contributed by atoms with Crippen molar-refractivity contribution in [1.82, 2.24) is 4.98 Å². The molecule has 1 fully saturated rings. The lowest BCUT2D eigenvalue weighted by Gasteiger charge is -2.22. The number of esters is 1. The maximum absolute atomic E-state index is 13.0. The van der Waals surface area contributed by atoms with Crippen LogP contribution in [0.2, 0.25) is 4.34 Å². The molecular formula is C28H24ClNO3S. The lowest BCUT2D eigenvalue weighted by molar-refractivity contribution is 0.0476. The summed E-state index contributed by atoms with van der Waals surface area (Å²) in [4.78, 5) is 31.3. The molecule has 0 bridgehead atoms. The molecule has 4 aromatic rings. The summed E-state index contributed by atoms with van der Waals surface area (Å²) in [6.45, 7) is -0.307. The Bertz CT molecular complexity index is 1340. The number of hydrogen-bond acceptors (Lipinski definition) is 5. The van der Waals surface area contributed by atoms with Gasteiger partial charge in [0.05, 0.1) is 26.0 Å². The first-order valence-electron chi connectivity index (χ1n) is 11.5. The summed E-state index contributed by atoms with van der Waals surface area (Å²) in [6.07, 6.45) is 6.28. The summed E-state index contributed by atoms with van der Waals surface area (Å²) >= 11 is 7.48. The maximum Gasteiger partial charge on any atom is 0.339 e. The predicted octanol–water partition coefficient (Wildman–Crippen LogP) is 7.70. The van der Waals surface area contributed by atoms with E-state index < -0.39 is 5.97 Å². The van der Waals surface area contributed by atoms with E-state index in [9.17, 15) is 9.59 Å². The number of benzene rings is 2. The number of ether oxygens (including phenoxy) is 1. The highest BCUT2D eigenvalue weighted by Crippen LogP contribution is 2.33. The first-order valence-corrected chi connectivity index (χ1v) is 12.7. The molecule has 2 aromatic carbocycles. The molecule has 0 saturated heterocycles. The Hall–Kier alpha value is -3.02. The number of Topliss-reactive ketones (excluding diaryl/α,β-unsaturated/α-hetero) is 1. The highest BCUT2D eigenvalue weighted by Gasteiger charge is 2.19. The number of rotatable bonds is 6. The molecule has 4 nitrogen and oxygen atoms in total. The van der Waals surface area contributed by atoms with Gasteiger partial charge >= 0.3 is 5.97 Å². The highest BCUT2D eigenvalue weighted by atomic mass is 35.5. The van der Waals surface area contributed by atoms with Crippen LogP contribution in [0, 0.1) is 0 Å². The second-order valence-corrected chi connectivity index (χ2v) is 10.3. The quantitative estimate of drug-likeness (QED) is 0.205. The molecule has 0 radical (unpaired) electrons. The Morgan fingerprint density at radius 2 is 1.74 bits per heavy atom. The number of para-hydroxylation sites is 1. The largest absolute Gasteiger partial charge is 0.454 e. The molecule has 2 heterocycles. The van der Waals surface area contributed by atoms with Crippen molar-refractivity contribution in [1.29, 1.82) is 0 Å². The second-order valence-electron chi connectivity index (χ2n) is 8.63. The van der Waals surface area contributed by atoms with Crippen molar-refractivity contribution in [3.63, 3.8) is 0 Å². The standard InChI is InChI=1S/C28H24ClNO3S/c29-27-15-14-26(34-27)24-16-22(21-8-4-5-9-23(21)30-24)28(32)33-17-25(31)20-12-10-19(11-13-20)18-6-2-1-3-7-18/h4-5,8-16,18H,1-3,6-7,17H2. The Morgan fingerprint density at radius 1 is 0.971 bits per heavy atom. The van der Waals surface area contributed by atoms with Crippen molar-refractivity contribution < 1.29 is 14.3 Å². The van der Waals surface area contributed by atoms with Gasteiger partial charge in [-0.25, -0.2) is 9.78 Å². The van der Waals surface area contributed by atoms with Crippen molar-refractivity contribution in [3.8, 4) is 10.6 Å². The fraction of sp³-hybridized carbons (Fsp3) is 0.250. The van der Waals surface area contributed by atoms with E-state index in [1.54, 1.807) is 12.1 Å². The van der Waals surface area contributed by atoms with Crippen LogP contribution in [0.3, 0.4) is 0 Å². The van der Waals surface area contributed by atoms with Crippen LogP contribution >= 0.6 is 22.9 Å². The summed E-state index contributed by atoms with van der Waals surface area (Å²) in [5.74, 6) is -0.176. The van der Waals surface area contributed by atoms with Crippen LogP contribution in [-0.4, -0.2) is 23.3 Å². The molecular weight excluding hydrogens is 466 g/mol. The molecule has 0 N–H and O–H groups in total. The minimum atomic E-state index is -0.547. The lowest BCUT2D eigenvalue weighted by Crippen LogP contribution is -2.15. The highest BCUT2D eigenvalue weighted by molar-refractivity contribution is 7.19. The van der Waals surface area contributed by atoms with Gasteiger partial charge in [0, 0.05) is 10.9 Å². The van der Waals surface area contributed by atoms with Crippen LogP contribution in [-0.2, 0) is 4.74 Å². The van der Waals surface area contributed by atoms with Crippen molar-refractivity contribution in [2.75, 3.05) is 6.61 Å². The van der Waals surface area contributed by atoms with Gasteiger partial charge in [0.1, 0.15) is 0 Å². The summed E-state index contributed by atoms with van der Waals surface area (Å²) in [7, 11) is 0.